The van der Waals surface area contributed by atoms with E-state index in [9.17, 15) is 4.79 Å². The van der Waals surface area contributed by atoms with Crippen molar-refractivity contribution in [3.63, 3.8) is 0 Å². The van der Waals surface area contributed by atoms with Crippen molar-refractivity contribution in [3.05, 3.63) is 18.2 Å². The van der Waals surface area contributed by atoms with Crippen LogP contribution in [0.3, 0.4) is 0 Å². The largest absolute Gasteiger partial charge is 0.342 e. The van der Waals surface area contributed by atoms with Crippen LogP contribution in [0.2, 0.25) is 0 Å². The molecule has 0 N–H and O–H groups in total. The molecule has 2 aliphatic heterocycles. The first kappa shape index (κ1) is 12.4. The van der Waals surface area contributed by atoms with Crippen LogP contribution < -0.4 is 0 Å². The van der Waals surface area contributed by atoms with Crippen molar-refractivity contribution in [1.82, 2.24) is 19.4 Å². The molecule has 108 valence electrons. The monoisotopic (exact) mass is 274 g/mol. The maximum atomic E-state index is 12.4. The number of carbonyl (C=O) groups excluding carboxylic acids is 1. The molecule has 1 aromatic rings. The first-order valence-electron chi connectivity index (χ1n) is 7.68. The molecule has 0 spiro atoms. The van der Waals surface area contributed by atoms with Crippen LogP contribution in [0, 0.1) is 17.8 Å². The van der Waals surface area contributed by atoms with Crippen LogP contribution in [0.15, 0.2) is 12.4 Å². The maximum Gasteiger partial charge on any atom is 0.227 e. The summed E-state index contributed by atoms with van der Waals surface area (Å²) >= 11 is 0. The molecule has 2 saturated heterocycles. The van der Waals surface area contributed by atoms with Gasteiger partial charge in [-0.15, -0.1) is 0 Å². The Balaban J connectivity index is 1.38. The van der Waals surface area contributed by atoms with Gasteiger partial charge in [-0.1, -0.05) is 0 Å². The Morgan fingerprint density at radius 1 is 1.30 bits per heavy atom. The standard InChI is InChI=1S/C15H22N4O/c1-17-5-4-16-14(17)10-18-7-12-8-19(6-11-2-3-11)15(20)13(12)9-18/h4-5,11-13H,2-3,6-10H2,1H3/t12-,13-/m1/s1. The van der Waals surface area contributed by atoms with Crippen molar-refractivity contribution in [3.8, 4) is 0 Å². The molecule has 5 nitrogen and oxygen atoms in total. The first-order valence-corrected chi connectivity index (χ1v) is 7.68. The van der Waals surface area contributed by atoms with Crippen molar-refractivity contribution in [1.29, 1.82) is 0 Å². The molecule has 1 aromatic heterocycles. The molecule has 1 saturated carbocycles. The van der Waals surface area contributed by atoms with Crippen LogP contribution in [0.5, 0.6) is 0 Å². The highest BCUT2D eigenvalue weighted by Gasteiger charge is 2.47. The Kier molecular flexibility index (Phi) is 2.84. The minimum atomic E-state index is 0.244. The number of likely N-dealkylation sites (tertiary alicyclic amines) is 2. The molecule has 0 aromatic carbocycles. The number of imidazole rings is 1. The fourth-order valence-electron chi connectivity index (χ4n) is 3.69. The number of rotatable bonds is 4. The van der Waals surface area contributed by atoms with Gasteiger partial charge >= 0.3 is 0 Å². The van der Waals surface area contributed by atoms with E-state index in [1.54, 1.807) is 0 Å². The summed E-state index contributed by atoms with van der Waals surface area (Å²) in [5, 5.41) is 0. The quantitative estimate of drug-likeness (QED) is 0.812. The summed E-state index contributed by atoms with van der Waals surface area (Å²) < 4.78 is 2.06. The van der Waals surface area contributed by atoms with Crippen molar-refractivity contribution in [2.45, 2.75) is 19.4 Å². The lowest BCUT2D eigenvalue weighted by Crippen LogP contribution is -2.34. The zero-order valence-electron chi connectivity index (χ0n) is 12.0. The van der Waals surface area contributed by atoms with Gasteiger partial charge in [0.05, 0.1) is 12.5 Å². The zero-order valence-corrected chi connectivity index (χ0v) is 12.0. The lowest BCUT2D eigenvalue weighted by Gasteiger charge is -2.21. The predicted octanol–water partition coefficient (Wildman–Crippen LogP) is 0.720. The second-order valence-corrected chi connectivity index (χ2v) is 6.70. The van der Waals surface area contributed by atoms with Gasteiger partial charge in [-0.05, 0) is 18.8 Å². The van der Waals surface area contributed by atoms with Crippen LogP contribution in [-0.4, -0.2) is 51.4 Å². The van der Waals surface area contributed by atoms with E-state index in [1.807, 2.05) is 19.4 Å². The summed E-state index contributed by atoms with van der Waals surface area (Å²) in [7, 11) is 2.03. The Hall–Kier alpha value is -1.36. The number of hydrogen-bond acceptors (Lipinski definition) is 3. The molecule has 3 fully saturated rings. The van der Waals surface area contributed by atoms with Gasteiger partial charge in [0.1, 0.15) is 5.82 Å². The fourth-order valence-corrected chi connectivity index (χ4v) is 3.69. The van der Waals surface area contributed by atoms with Crippen LogP contribution in [0.4, 0.5) is 0 Å². The molecule has 20 heavy (non-hydrogen) atoms. The number of amides is 1. The molecule has 0 bridgehead atoms. The van der Waals surface area contributed by atoms with Crippen molar-refractivity contribution < 1.29 is 4.79 Å². The highest BCUT2D eigenvalue weighted by atomic mass is 16.2. The van der Waals surface area contributed by atoms with Gasteiger partial charge in [0.15, 0.2) is 0 Å². The summed E-state index contributed by atoms with van der Waals surface area (Å²) in [6.07, 6.45) is 6.47. The average Bonchev–Trinajstić information content (AvgIpc) is 2.91. The van der Waals surface area contributed by atoms with E-state index >= 15 is 0 Å². The smallest absolute Gasteiger partial charge is 0.227 e. The van der Waals surface area contributed by atoms with Gasteiger partial charge in [0.2, 0.25) is 5.91 Å². The lowest BCUT2D eigenvalue weighted by molar-refractivity contribution is -0.131. The second-order valence-electron chi connectivity index (χ2n) is 6.70. The molecule has 3 aliphatic rings. The minimum Gasteiger partial charge on any atom is -0.342 e. The Bertz CT molecular complexity index is 522. The number of carbonyl (C=O) groups is 1. The van der Waals surface area contributed by atoms with E-state index in [2.05, 4.69) is 19.4 Å². The van der Waals surface area contributed by atoms with Gasteiger partial charge in [-0.3, -0.25) is 9.69 Å². The summed E-state index contributed by atoms with van der Waals surface area (Å²) in [5.41, 5.74) is 0. The van der Waals surface area contributed by atoms with Crippen LogP contribution in [-0.2, 0) is 18.4 Å². The average molecular weight is 274 g/mol. The van der Waals surface area contributed by atoms with E-state index in [1.165, 1.54) is 12.8 Å². The predicted molar refractivity (Wildman–Crippen MR) is 74.8 cm³/mol. The molecule has 1 aliphatic carbocycles. The zero-order chi connectivity index (χ0) is 13.7. The van der Waals surface area contributed by atoms with Gasteiger partial charge < -0.3 is 9.47 Å². The number of aromatic nitrogens is 2. The van der Waals surface area contributed by atoms with E-state index in [-0.39, 0.29) is 5.92 Å². The SMILES string of the molecule is Cn1ccnc1CN1C[C@@H]2CN(CC3CC3)C(=O)[C@@H]2C1. The third-order valence-electron chi connectivity index (χ3n) is 5.06. The summed E-state index contributed by atoms with van der Waals surface area (Å²) in [4.78, 5) is 21.3. The Morgan fingerprint density at radius 2 is 2.15 bits per heavy atom. The number of fused-ring (bicyclic) bond motifs is 1. The van der Waals surface area contributed by atoms with Crippen molar-refractivity contribution in [2.24, 2.45) is 24.8 Å². The molecule has 5 heteroatoms. The molecule has 3 heterocycles. The number of hydrogen-bond donors (Lipinski definition) is 0. The topological polar surface area (TPSA) is 41.4 Å². The van der Waals surface area contributed by atoms with Gasteiger partial charge in [0, 0.05) is 51.5 Å². The third kappa shape index (κ3) is 2.14. The number of nitrogens with zero attached hydrogens (tertiary/aromatic N) is 4. The fraction of sp³-hybridized carbons (Fsp3) is 0.733. The first-order chi connectivity index (χ1) is 9.70. The van der Waals surface area contributed by atoms with Crippen molar-refractivity contribution in [2.75, 3.05) is 26.2 Å². The summed E-state index contributed by atoms with van der Waals surface area (Å²) in [5.74, 6) is 3.09. The van der Waals surface area contributed by atoms with Crippen molar-refractivity contribution >= 4 is 5.91 Å². The van der Waals surface area contributed by atoms with Crippen LogP contribution in [0.25, 0.3) is 0 Å². The van der Waals surface area contributed by atoms with E-state index in [4.69, 9.17) is 0 Å². The second kappa shape index (κ2) is 4.58. The van der Waals surface area contributed by atoms with Gasteiger partial charge in [0.25, 0.3) is 0 Å². The van der Waals surface area contributed by atoms with Gasteiger partial charge in [-0.2, -0.15) is 0 Å². The molecular formula is C15H22N4O. The molecule has 4 rings (SSSR count). The van der Waals surface area contributed by atoms with E-state index in [0.29, 0.717) is 11.8 Å². The summed E-state index contributed by atoms with van der Waals surface area (Å²) in [6, 6.07) is 0. The molecule has 0 radical (unpaired) electrons. The third-order valence-corrected chi connectivity index (χ3v) is 5.06. The Morgan fingerprint density at radius 3 is 2.80 bits per heavy atom. The highest BCUT2D eigenvalue weighted by Crippen LogP contribution is 2.36. The van der Waals surface area contributed by atoms with Gasteiger partial charge in [-0.25, -0.2) is 4.98 Å². The van der Waals surface area contributed by atoms with E-state index < -0.39 is 0 Å². The molecular weight excluding hydrogens is 252 g/mol. The minimum absolute atomic E-state index is 0.244. The highest BCUT2D eigenvalue weighted by molar-refractivity contribution is 5.82. The molecule has 1 amide bonds. The maximum absolute atomic E-state index is 12.4. The van der Waals surface area contributed by atoms with Crippen LogP contribution in [0.1, 0.15) is 18.7 Å². The molecule has 0 unspecified atom stereocenters. The Labute approximate surface area is 119 Å². The summed E-state index contributed by atoms with van der Waals surface area (Å²) in [6.45, 7) is 4.83. The normalized spacial score (nSPS) is 30.2. The van der Waals surface area contributed by atoms with E-state index in [0.717, 1.165) is 44.5 Å². The van der Waals surface area contributed by atoms with Crippen LogP contribution >= 0.6 is 0 Å². The molecule has 2 atom stereocenters. The number of aryl methyl sites for hydroxylation is 1. The lowest BCUT2D eigenvalue weighted by atomic mass is 10.0.